The Kier molecular flexibility index (Phi) is 7.69. The Morgan fingerprint density at radius 2 is 1.84 bits per heavy atom. The first-order valence-corrected chi connectivity index (χ1v) is 13.0. The molecule has 2 aliphatic rings. The number of nitrogens with zero attached hydrogens (tertiary/aromatic N) is 4. The fraction of sp³-hybridized carbons (Fsp3) is 0.500. The number of nitrogens with one attached hydrogen (secondary N) is 2. The van der Waals surface area contributed by atoms with Crippen LogP contribution < -0.4 is 10.6 Å². The summed E-state index contributed by atoms with van der Waals surface area (Å²) in [4.78, 5) is 11.0. The molecule has 1 aromatic carbocycles. The molecule has 7 nitrogen and oxygen atoms in total. The SMILES string of the molecule is FC(F)(F)c1ccc(NC2CCN(CCNCc3nc(C4(c5ccc(Cl)cc5)CCC4)no3)CC2)nc1. The molecule has 5 rings (SSSR count). The normalized spacial score (nSPS) is 18.5. The van der Waals surface area contributed by atoms with Crippen molar-refractivity contribution < 1.29 is 17.7 Å². The number of alkyl halides is 3. The van der Waals surface area contributed by atoms with Crippen molar-refractivity contribution in [1.29, 1.82) is 0 Å². The number of hydrogen-bond donors (Lipinski definition) is 2. The van der Waals surface area contributed by atoms with Crippen molar-refractivity contribution >= 4 is 17.4 Å². The van der Waals surface area contributed by atoms with E-state index in [4.69, 9.17) is 21.1 Å². The van der Waals surface area contributed by atoms with Crippen LogP contribution in [-0.2, 0) is 18.1 Å². The smallest absolute Gasteiger partial charge is 0.367 e. The van der Waals surface area contributed by atoms with E-state index in [0.717, 1.165) is 76.4 Å². The van der Waals surface area contributed by atoms with Crippen LogP contribution in [0, 0.1) is 0 Å². The molecule has 1 aliphatic carbocycles. The van der Waals surface area contributed by atoms with Crippen molar-refractivity contribution in [3.05, 3.63) is 70.5 Å². The summed E-state index contributed by atoms with van der Waals surface area (Å²) in [6.07, 6.45) is 1.45. The van der Waals surface area contributed by atoms with Crippen LogP contribution in [0.1, 0.15) is 54.9 Å². The number of rotatable bonds is 9. The molecule has 1 saturated carbocycles. The van der Waals surface area contributed by atoms with E-state index in [1.807, 2.05) is 12.1 Å². The maximum atomic E-state index is 12.7. The number of pyridine rings is 1. The molecule has 1 aliphatic heterocycles. The fourth-order valence-corrected chi connectivity index (χ4v) is 5.18. The van der Waals surface area contributed by atoms with Gasteiger partial charge in [-0.15, -0.1) is 0 Å². The predicted molar refractivity (Wildman–Crippen MR) is 134 cm³/mol. The lowest BCUT2D eigenvalue weighted by Gasteiger charge is -2.39. The third-order valence-electron chi connectivity index (χ3n) is 7.41. The van der Waals surface area contributed by atoms with Gasteiger partial charge in [0.15, 0.2) is 5.82 Å². The molecule has 2 aromatic heterocycles. The van der Waals surface area contributed by atoms with Gasteiger partial charge in [-0.1, -0.05) is 35.3 Å². The first-order valence-electron chi connectivity index (χ1n) is 12.6. The summed E-state index contributed by atoms with van der Waals surface area (Å²) in [5.74, 6) is 1.81. The molecule has 37 heavy (non-hydrogen) atoms. The van der Waals surface area contributed by atoms with Gasteiger partial charge in [-0.05, 0) is 55.5 Å². The molecule has 198 valence electrons. The molecule has 11 heteroatoms. The number of piperidine rings is 1. The zero-order valence-corrected chi connectivity index (χ0v) is 21.2. The van der Waals surface area contributed by atoms with Crippen molar-refractivity contribution in [1.82, 2.24) is 25.3 Å². The maximum Gasteiger partial charge on any atom is 0.417 e. The van der Waals surface area contributed by atoms with Gasteiger partial charge in [-0.3, -0.25) is 0 Å². The van der Waals surface area contributed by atoms with Crippen molar-refractivity contribution in [3.8, 4) is 0 Å². The topological polar surface area (TPSA) is 79.1 Å². The average molecular weight is 535 g/mol. The summed E-state index contributed by atoms with van der Waals surface area (Å²) >= 11 is 6.06. The zero-order valence-electron chi connectivity index (χ0n) is 20.4. The maximum absolute atomic E-state index is 12.7. The molecule has 0 radical (unpaired) electrons. The van der Waals surface area contributed by atoms with Gasteiger partial charge in [0, 0.05) is 43.4 Å². The quantitative estimate of drug-likeness (QED) is 0.362. The van der Waals surface area contributed by atoms with E-state index in [2.05, 4.69) is 37.8 Å². The Balaban J connectivity index is 1.03. The van der Waals surface area contributed by atoms with Crippen molar-refractivity contribution in [2.24, 2.45) is 0 Å². The van der Waals surface area contributed by atoms with Gasteiger partial charge >= 0.3 is 6.18 Å². The first-order chi connectivity index (χ1) is 17.8. The number of aromatic nitrogens is 3. The lowest BCUT2D eigenvalue weighted by Crippen LogP contribution is -2.42. The van der Waals surface area contributed by atoms with E-state index < -0.39 is 11.7 Å². The second-order valence-electron chi connectivity index (χ2n) is 9.82. The number of halogens is 4. The van der Waals surface area contributed by atoms with Crippen LogP contribution in [0.15, 0.2) is 47.1 Å². The molecule has 3 aromatic rings. The highest BCUT2D eigenvalue weighted by Gasteiger charge is 2.44. The van der Waals surface area contributed by atoms with Gasteiger partial charge < -0.3 is 20.1 Å². The number of hydrogen-bond acceptors (Lipinski definition) is 7. The highest BCUT2D eigenvalue weighted by atomic mass is 35.5. The van der Waals surface area contributed by atoms with Crippen LogP contribution in [0.4, 0.5) is 19.0 Å². The second kappa shape index (κ2) is 11.0. The van der Waals surface area contributed by atoms with E-state index in [-0.39, 0.29) is 11.5 Å². The number of likely N-dealkylation sites (tertiary alicyclic amines) is 1. The van der Waals surface area contributed by atoms with Gasteiger partial charge in [-0.2, -0.15) is 18.2 Å². The van der Waals surface area contributed by atoms with Crippen molar-refractivity contribution in [2.75, 3.05) is 31.5 Å². The molecular weight excluding hydrogens is 505 g/mol. The lowest BCUT2D eigenvalue weighted by molar-refractivity contribution is -0.137. The summed E-state index contributed by atoms with van der Waals surface area (Å²) in [6.45, 7) is 4.02. The number of benzene rings is 1. The molecule has 3 heterocycles. The summed E-state index contributed by atoms with van der Waals surface area (Å²) in [5, 5.41) is 11.7. The number of anilines is 1. The van der Waals surface area contributed by atoms with Crippen molar-refractivity contribution in [2.45, 2.75) is 56.3 Å². The van der Waals surface area contributed by atoms with Crippen LogP contribution in [0.5, 0.6) is 0 Å². The molecule has 0 spiro atoms. The van der Waals surface area contributed by atoms with Crippen LogP contribution in [0.3, 0.4) is 0 Å². The molecule has 2 fully saturated rings. The Morgan fingerprint density at radius 1 is 1.08 bits per heavy atom. The van der Waals surface area contributed by atoms with Crippen LogP contribution in [-0.4, -0.2) is 52.2 Å². The molecule has 0 amide bonds. The van der Waals surface area contributed by atoms with Gasteiger partial charge in [0.05, 0.1) is 17.5 Å². The second-order valence-corrected chi connectivity index (χ2v) is 10.3. The highest BCUT2D eigenvalue weighted by molar-refractivity contribution is 6.30. The van der Waals surface area contributed by atoms with Crippen molar-refractivity contribution in [3.63, 3.8) is 0 Å². The third-order valence-corrected chi connectivity index (χ3v) is 7.66. The van der Waals surface area contributed by atoms with Crippen LogP contribution in [0.25, 0.3) is 0 Å². The van der Waals surface area contributed by atoms with Crippen LogP contribution >= 0.6 is 11.6 Å². The summed E-state index contributed by atoms with van der Waals surface area (Å²) in [6, 6.07) is 10.6. The largest absolute Gasteiger partial charge is 0.417 e. The molecule has 2 N–H and O–H groups in total. The summed E-state index contributed by atoms with van der Waals surface area (Å²) in [7, 11) is 0. The molecule has 0 bridgehead atoms. The average Bonchev–Trinajstić information content (AvgIpc) is 3.32. The molecule has 0 unspecified atom stereocenters. The highest BCUT2D eigenvalue weighted by Crippen LogP contribution is 2.47. The first kappa shape index (κ1) is 25.9. The van der Waals surface area contributed by atoms with E-state index >= 15 is 0 Å². The molecule has 1 saturated heterocycles. The zero-order chi connectivity index (χ0) is 25.9. The van der Waals surface area contributed by atoms with E-state index in [1.165, 1.54) is 11.6 Å². The standard InChI is InChI=1S/C26H30ClF3N6O/c27-20-5-2-18(3-6-20)25(10-1-11-25)24-34-23(37-35-24)17-31-12-15-36-13-8-21(9-14-36)33-22-7-4-19(16-32-22)26(28,29)30/h2-7,16,21,31H,1,8-15,17H2,(H,32,33). The van der Waals surface area contributed by atoms with Crippen LogP contribution in [0.2, 0.25) is 5.02 Å². The van der Waals surface area contributed by atoms with Gasteiger partial charge in [0.1, 0.15) is 5.82 Å². The lowest BCUT2D eigenvalue weighted by atomic mass is 9.64. The molecule has 0 atom stereocenters. The third kappa shape index (κ3) is 6.08. The Hall–Kier alpha value is -2.69. The van der Waals surface area contributed by atoms with E-state index in [0.29, 0.717) is 23.3 Å². The Bertz CT molecular complexity index is 1160. The van der Waals surface area contributed by atoms with Gasteiger partial charge in [-0.25, -0.2) is 4.98 Å². The minimum absolute atomic E-state index is 0.180. The monoisotopic (exact) mass is 534 g/mol. The van der Waals surface area contributed by atoms with Gasteiger partial charge in [0.25, 0.3) is 0 Å². The Morgan fingerprint density at radius 3 is 2.46 bits per heavy atom. The summed E-state index contributed by atoms with van der Waals surface area (Å²) < 4.78 is 43.6. The summed E-state index contributed by atoms with van der Waals surface area (Å²) in [5.41, 5.74) is 0.261. The minimum Gasteiger partial charge on any atom is -0.367 e. The van der Waals surface area contributed by atoms with E-state index in [1.54, 1.807) is 0 Å². The Labute approximate surface area is 218 Å². The van der Waals surface area contributed by atoms with E-state index in [9.17, 15) is 13.2 Å². The minimum atomic E-state index is -4.37. The predicted octanol–water partition coefficient (Wildman–Crippen LogP) is 5.27. The van der Waals surface area contributed by atoms with Gasteiger partial charge in [0.2, 0.25) is 5.89 Å². The fourth-order valence-electron chi connectivity index (χ4n) is 5.05. The molecular formula is C26H30ClF3N6O.